The van der Waals surface area contributed by atoms with Gasteiger partial charge >= 0.3 is 5.97 Å². The smallest absolute Gasteiger partial charge is 0.326 e. The number of hydrogen-bond acceptors (Lipinski definition) is 7. The molecule has 0 heterocycles. The van der Waals surface area contributed by atoms with Gasteiger partial charge in [-0.05, 0) is 18.9 Å². The van der Waals surface area contributed by atoms with Gasteiger partial charge in [-0.2, -0.15) is 0 Å². The molecule has 0 fully saturated rings. The van der Waals surface area contributed by atoms with Crippen molar-refractivity contribution in [3.8, 4) is 0 Å². The first kappa shape index (κ1) is 26.5. The van der Waals surface area contributed by atoms with Crippen molar-refractivity contribution in [1.29, 1.82) is 0 Å². The minimum Gasteiger partial charge on any atom is -0.480 e. The van der Waals surface area contributed by atoms with Gasteiger partial charge in [0.15, 0.2) is 0 Å². The summed E-state index contributed by atoms with van der Waals surface area (Å²) in [5.41, 5.74) is 11.0. The molecule has 4 amide bonds. The van der Waals surface area contributed by atoms with Crippen molar-refractivity contribution < 1.29 is 34.2 Å². The van der Waals surface area contributed by atoms with Gasteiger partial charge in [0.25, 0.3) is 0 Å². The number of hydrogen-bond donors (Lipinski definition) is 7. The molecule has 12 heteroatoms. The summed E-state index contributed by atoms with van der Waals surface area (Å²) in [5.74, 6) is -4.51. The molecule has 4 atom stereocenters. The third kappa shape index (κ3) is 9.10. The summed E-state index contributed by atoms with van der Waals surface area (Å²) in [5, 5.41) is 26.2. The highest BCUT2D eigenvalue weighted by atomic mass is 16.4. The van der Waals surface area contributed by atoms with Crippen LogP contribution in [0, 0.1) is 0 Å². The molecule has 0 bridgehead atoms. The minimum absolute atomic E-state index is 0.0862. The van der Waals surface area contributed by atoms with E-state index in [-0.39, 0.29) is 25.8 Å². The second-order valence-electron chi connectivity index (χ2n) is 7.15. The van der Waals surface area contributed by atoms with Gasteiger partial charge in [0, 0.05) is 12.8 Å². The molecule has 0 radical (unpaired) electrons. The maximum Gasteiger partial charge on any atom is 0.326 e. The van der Waals surface area contributed by atoms with Crippen molar-refractivity contribution in [3.05, 3.63) is 35.9 Å². The van der Waals surface area contributed by atoms with Crippen LogP contribution in [-0.4, -0.2) is 70.6 Å². The zero-order valence-electron chi connectivity index (χ0n) is 17.6. The molecular weight excluding hydrogens is 422 g/mol. The second-order valence-corrected chi connectivity index (χ2v) is 7.15. The lowest BCUT2D eigenvalue weighted by Gasteiger charge is -2.26. The molecule has 0 aliphatic heterocycles. The van der Waals surface area contributed by atoms with E-state index in [1.165, 1.54) is 6.92 Å². The van der Waals surface area contributed by atoms with Gasteiger partial charge in [-0.3, -0.25) is 19.2 Å². The summed E-state index contributed by atoms with van der Waals surface area (Å²) in [4.78, 5) is 59.4. The lowest BCUT2D eigenvalue weighted by atomic mass is 10.0. The third-order valence-corrected chi connectivity index (χ3v) is 4.48. The number of aliphatic hydroxyl groups excluding tert-OH is 1. The number of aliphatic carboxylic acids is 1. The van der Waals surface area contributed by atoms with Crippen molar-refractivity contribution in [3.63, 3.8) is 0 Å². The van der Waals surface area contributed by atoms with E-state index in [0.717, 1.165) is 5.56 Å². The van der Waals surface area contributed by atoms with E-state index in [0.29, 0.717) is 0 Å². The van der Waals surface area contributed by atoms with Gasteiger partial charge in [-0.15, -0.1) is 0 Å². The fourth-order valence-electron chi connectivity index (χ4n) is 2.78. The number of benzene rings is 1. The summed E-state index contributed by atoms with van der Waals surface area (Å²) < 4.78 is 0. The highest BCUT2D eigenvalue weighted by molar-refractivity contribution is 5.94. The summed E-state index contributed by atoms with van der Waals surface area (Å²) in [7, 11) is 0. The van der Waals surface area contributed by atoms with Crippen LogP contribution in [-0.2, 0) is 30.4 Å². The highest BCUT2D eigenvalue weighted by Gasteiger charge is 2.32. The Hall–Kier alpha value is -3.51. The molecule has 176 valence electrons. The minimum atomic E-state index is -1.52. The molecule has 0 saturated carbocycles. The van der Waals surface area contributed by atoms with E-state index in [9.17, 15) is 34.2 Å². The zero-order valence-corrected chi connectivity index (χ0v) is 17.6. The fourth-order valence-corrected chi connectivity index (χ4v) is 2.78. The first-order chi connectivity index (χ1) is 15.0. The number of carboxylic acid groups (broad SMARTS) is 1. The Bertz CT molecular complexity index is 816. The topological polar surface area (TPSA) is 214 Å². The van der Waals surface area contributed by atoms with Crippen LogP contribution in [0.2, 0.25) is 0 Å². The first-order valence-electron chi connectivity index (χ1n) is 9.88. The van der Waals surface area contributed by atoms with Crippen molar-refractivity contribution in [2.24, 2.45) is 11.5 Å². The predicted octanol–water partition coefficient (Wildman–Crippen LogP) is -2.63. The predicted molar refractivity (Wildman–Crippen MR) is 113 cm³/mol. The maximum absolute atomic E-state index is 12.8. The molecule has 1 aromatic carbocycles. The van der Waals surface area contributed by atoms with E-state index in [1.54, 1.807) is 30.3 Å². The van der Waals surface area contributed by atoms with Crippen molar-refractivity contribution >= 4 is 29.6 Å². The van der Waals surface area contributed by atoms with Crippen molar-refractivity contribution in [1.82, 2.24) is 16.0 Å². The standard InChI is InChI=1S/C20H29N5O7/c1-11(26)17(19(30)24-13(20(31)32)7-8-15(22)27)25-18(29)14(23-16(28)10-21)9-12-5-3-2-4-6-12/h2-6,11,13-14,17,26H,7-10,21H2,1H3,(H2,22,27)(H,23,28)(H,24,30)(H,25,29)(H,31,32)/t11-,13+,14+,17+/m1/s1. The Labute approximate surface area is 184 Å². The normalized spacial score (nSPS) is 14.3. The molecule has 0 aliphatic carbocycles. The number of carbonyl (C=O) groups is 5. The van der Waals surface area contributed by atoms with Crippen molar-refractivity contribution in [2.45, 2.75) is 50.4 Å². The average Bonchev–Trinajstić information content (AvgIpc) is 2.74. The Balaban J connectivity index is 2.96. The summed E-state index contributed by atoms with van der Waals surface area (Å²) >= 11 is 0. The number of nitrogens with two attached hydrogens (primary N) is 2. The van der Waals surface area contributed by atoms with Crippen LogP contribution in [0.1, 0.15) is 25.3 Å². The van der Waals surface area contributed by atoms with Crippen molar-refractivity contribution in [2.75, 3.05) is 6.54 Å². The van der Waals surface area contributed by atoms with Gasteiger partial charge < -0.3 is 37.6 Å². The molecular formula is C20H29N5O7. The van der Waals surface area contributed by atoms with Crippen LogP contribution in [0.4, 0.5) is 0 Å². The van der Waals surface area contributed by atoms with E-state index < -0.39 is 53.8 Å². The fraction of sp³-hybridized carbons (Fsp3) is 0.450. The van der Waals surface area contributed by atoms with E-state index in [1.807, 2.05) is 0 Å². The Morgan fingerprint density at radius 2 is 1.59 bits per heavy atom. The van der Waals surface area contributed by atoms with E-state index in [2.05, 4.69) is 16.0 Å². The van der Waals surface area contributed by atoms with Crippen LogP contribution in [0.25, 0.3) is 0 Å². The maximum atomic E-state index is 12.8. The van der Waals surface area contributed by atoms with Crippen LogP contribution in [0.5, 0.6) is 0 Å². The number of aliphatic hydroxyl groups is 1. The molecule has 0 unspecified atom stereocenters. The van der Waals surface area contributed by atoms with Crippen LogP contribution in [0.15, 0.2) is 30.3 Å². The molecule has 12 nitrogen and oxygen atoms in total. The molecule has 1 aromatic rings. The molecule has 0 aliphatic rings. The first-order valence-corrected chi connectivity index (χ1v) is 9.88. The summed E-state index contributed by atoms with van der Waals surface area (Å²) in [6.45, 7) is 0.868. The number of rotatable bonds is 13. The molecule has 9 N–H and O–H groups in total. The monoisotopic (exact) mass is 451 g/mol. The number of carboxylic acids is 1. The van der Waals surface area contributed by atoms with Gasteiger partial charge in [0.05, 0.1) is 12.6 Å². The van der Waals surface area contributed by atoms with E-state index >= 15 is 0 Å². The van der Waals surface area contributed by atoms with Crippen LogP contribution in [0.3, 0.4) is 0 Å². The quantitative estimate of drug-likeness (QED) is 0.168. The Morgan fingerprint density at radius 1 is 0.969 bits per heavy atom. The van der Waals surface area contributed by atoms with Crippen LogP contribution < -0.4 is 27.4 Å². The number of primary amides is 1. The van der Waals surface area contributed by atoms with Gasteiger partial charge in [-0.1, -0.05) is 30.3 Å². The lowest BCUT2D eigenvalue weighted by Crippen LogP contribution is -2.59. The average molecular weight is 451 g/mol. The molecule has 0 spiro atoms. The van der Waals surface area contributed by atoms with E-state index in [4.69, 9.17) is 11.5 Å². The SMILES string of the molecule is C[C@@H](O)[C@H](NC(=O)[C@H](Cc1ccccc1)NC(=O)CN)C(=O)N[C@@H](CCC(N)=O)C(=O)O. The number of carbonyl (C=O) groups excluding carboxylic acids is 4. The van der Waals surface area contributed by atoms with Gasteiger partial charge in [0.2, 0.25) is 23.6 Å². The molecule has 0 aromatic heterocycles. The lowest BCUT2D eigenvalue weighted by molar-refractivity contribution is -0.143. The molecule has 32 heavy (non-hydrogen) atoms. The molecule has 1 rings (SSSR count). The molecule has 0 saturated heterocycles. The summed E-state index contributed by atoms with van der Waals surface area (Å²) in [6, 6.07) is 4.68. The van der Waals surface area contributed by atoms with Gasteiger partial charge in [0.1, 0.15) is 18.1 Å². The van der Waals surface area contributed by atoms with Crippen LogP contribution >= 0.6 is 0 Å². The highest BCUT2D eigenvalue weighted by Crippen LogP contribution is 2.06. The second kappa shape index (κ2) is 13.0. The number of amides is 4. The Morgan fingerprint density at radius 3 is 2.09 bits per heavy atom. The summed E-state index contributed by atoms with van der Waals surface area (Å²) in [6.07, 6.45) is -1.86. The van der Waals surface area contributed by atoms with Gasteiger partial charge in [-0.25, -0.2) is 4.79 Å². The third-order valence-electron chi connectivity index (χ3n) is 4.48. The largest absolute Gasteiger partial charge is 0.480 e. The Kier molecular flexibility index (Phi) is 10.8. The zero-order chi connectivity index (χ0) is 24.3. The number of nitrogens with one attached hydrogen (secondary N) is 3.